The third-order valence-corrected chi connectivity index (χ3v) is 1.84. The molecule has 0 bridgehead atoms. The van der Waals surface area contributed by atoms with E-state index in [0.717, 1.165) is 6.08 Å². The molecular weight excluding hydrogens is 171 g/mol. The molecule has 11 heavy (non-hydrogen) atoms. The van der Waals surface area contributed by atoms with Crippen LogP contribution in [0.3, 0.4) is 0 Å². The fourth-order valence-electron chi connectivity index (χ4n) is 0.814. The molecule has 1 atom stereocenters. The van der Waals surface area contributed by atoms with Crippen molar-refractivity contribution in [1.29, 1.82) is 0 Å². The molecule has 0 spiro atoms. The maximum atomic E-state index is 12.5. The van der Waals surface area contributed by atoms with E-state index in [0.29, 0.717) is 6.26 Å². The molecule has 0 radical (unpaired) electrons. The highest BCUT2D eigenvalue weighted by Crippen LogP contribution is 2.24. The van der Waals surface area contributed by atoms with Crippen molar-refractivity contribution in [2.75, 3.05) is 0 Å². The number of hydrogen-bond acceptors (Lipinski definition) is 2. The lowest BCUT2D eigenvalue weighted by atomic mass is 10.0. The van der Waals surface area contributed by atoms with Gasteiger partial charge in [0.25, 0.3) is 0 Å². The van der Waals surface area contributed by atoms with Gasteiger partial charge in [0.2, 0.25) is 0 Å². The second kappa shape index (κ2) is 3.05. The normalized spacial score (nSPS) is 28.9. The second-order valence-corrected chi connectivity index (χ2v) is 2.74. The van der Waals surface area contributed by atoms with Gasteiger partial charge in [-0.15, -0.1) is 11.6 Å². The van der Waals surface area contributed by atoms with Crippen LogP contribution in [-0.4, -0.2) is 16.3 Å². The molecule has 60 valence electrons. The summed E-state index contributed by atoms with van der Waals surface area (Å²) in [5.41, 5.74) is 0.240. The molecule has 1 N–H and O–H groups in total. The first-order chi connectivity index (χ1) is 5.15. The van der Waals surface area contributed by atoms with Crippen LogP contribution in [0.5, 0.6) is 0 Å². The van der Waals surface area contributed by atoms with Crippen LogP contribution in [0.1, 0.15) is 6.42 Å². The van der Waals surface area contributed by atoms with Gasteiger partial charge in [0.1, 0.15) is 0 Å². The molecule has 0 heterocycles. The monoisotopic (exact) mass is 176 g/mol. The molecule has 0 aromatic heterocycles. The van der Waals surface area contributed by atoms with Gasteiger partial charge in [0.05, 0.1) is 11.6 Å². The maximum Gasteiger partial charge on any atom is 0.192 e. The highest BCUT2D eigenvalue weighted by Gasteiger charge is 2.23. The van der Waals surface area contributed by atoms with Gasteiger partial charge in [-0.1, -0.05) is 0 Å². The summed E-state index contributed by atoms with van der Waals surface area (Å²) < 4.78 is 12.5. The lowest BCUT2D eigenvalue weighted by Crippen LogP contribution is -2.16. The van der Waals surface area contributed by atoms with Crippen molar-refractivity contribution in [2.24, 2.45) is 0 Å². The molecule has 0 saturated heterocycles. The standard InChI is InChI=1S/C7H6ClFO2/c8-5-2-7(11)6(9)1-4(5)3-10/h1,3,5,10H,2H2. The Morgan fingerprint density at radius 3 is 3.00 bits per heavy atom. The largest absolute Gasteiger partial charge is 0.515 e. The van der Waals surface area contributed by atoms with Crippen molar-refractivity contribution >= 4 is 17.4 Å². The summed E-state index contributed by atoms with van der Waals surface area (Å²) in [5.74, 6) is -1.46. The number of halogens is 2. The van der Waals surface area contributed by atoms with Gasteiger partial charge < -0.3 is 5.11 Å². The molecular formula is C7H6ClFO2. The lowest BCUT2D eigenvalue weighted by molar-refractivity contribution is -0.117. The summed E-state index contributed by atoms with van der Waals surface area (Å²) in [7, 11) is 0. The number of Topliss-reactive ketones (excluding diaryl/α,β-unsaturated/α-hetero) is 1. The molecule has 0 amide bonds. The molecule has 0 fully saturated rings. The van der Waals surface area contributed by atoms with Crippen LogP contribution < -0.4 is 0 Å². The van der Waals surface area contributed by atoms with E-state index in [4.69, 9.17) is 16.7 Å². The Balaban J connectivity index is 2.95. The van der Waals surface area contributed by atoms with E-state index in [1.54, 1.807) is 0 Å². The van der Waals surface area contributed by atoms with Crippen LogP contribution in [0, 0.1) is 0 Å². The van der Waals surface area contributed by atoms with Crippen molar-refractivity contribution in [1.82, 2.24) is 0 Å². The Bertz CT molecular complexity index is 245. The van der Waals surface area contributed by atoms with Crippen molar-refractivity contribution in [3.63, 3.8) is 0 Å². The summed E-state index contributed by atoms with van der Waals surface area (Å²) >= 11 is 5.58. The smallest absolute Gasteiger partial charge is 0.192 e. The number of carbonyl (C=O) groups excluding carboxylic acids is 1. The summed E-state index contributed by atoms with van der Waals surface area (Å²) in [5, 5.41) is 7.89. The molecule has 0 saturated carbocycles. The predicted molar refractivity (Wildman–Crippen MR) is 39.2 cm³/mol. The van der Waals surface area contributed by atoms with Gasteiger partial charge in [0.15, 0.2) is 11.6 Å². The Morgan fingerprint density at radius 2 is 2.45 bits per heavy atom. The van der Waals surface area contributed by atoms with E-state index in [1.807, 2.05) is 0 Å². The second-order valence-electron chi connectivity index (χ2n) is 2.22. The lowest BCUT2D eigenvalue weighted by Gasteiger charge is -2.13. The summed E-state index contributed by atoms with van der Waals surface area (Å²) in [6.45, 7) is 0. The van der Waals surface area contributed by atoms with E-state index in [9.17, 15) is 9.18 Å². The van der Waals surface area contributed by atoms with E-state index >= 15 is 0 Å². The highest BCUT2D eigenvalue weighted by atomic mass is 35.5. The summed E-state index contributed by atoms with van der Waals surface area (Å²) in [6.07, 6.45) is 1.57. The fourth-order valence-corrected chi connectivity index (χ4v) is 1.07. The molecule has 0 aliphatic heterocycles. The molecule has 1 aliphatic rings. The average Bonchev–Trinajstić information content (AvgIpc) is 1.97. The number of aliphatic hydroxyl groups excluding tert-OH is 1. The van der Waals surface area contributed by atoms with Crippen LogP contribution in [-0.2, 0) is 4.79 Å². The van der Waals surface area contributed by atoms with Gasteiger partial charge >= 0.3 is 0 Å². The number of hydrogen-bond donors (Lipinski definition) is 1. The van der Waals surface area contributed by atoms with Crippen LogP contribution in [0.15, 0.2) is 23.7 Å². The molecule has 1 rings (SSSR count). The maximum absolute atomic E-state index is 12.5. The molecule has 4 heteroatoms. The molecule has 0 aromatic rings. The van der Waals surface area contributed by atoms with E-state index < -0.39 is 17.0 Å². The Labute approximate surface area is 68.0 Å². The van der Waals surface area contributed by atoms with Crippen LogP contribution in [0.2, 0.25) is 0 Å². The topological polar surface area (TPSA) is 37.3 Å². The Morgan fingerprint density at radius 1 is 1.82 bits per heavy atom. The van der Waals surface area contributed by atoms with Crippen molar-refractivity contribution in [2.45, 2.75) is 11.8 Å². The van der Waals surface area contributed by atoms with Gasteiger partial charge in [-0.2, -0.15) is 0 Å². The number of allylic oxidation sites excluding steroid dienone is 3. The third-order valence-electron chi connectivity index (χ3n) is 1.44. The predicted octanol–water partition coefficient (Wildman–Crippen LogP) is 1.86. The first kappa shape index (κ1) is 8.27. The van der Waals surface area contributed by atoms with Crippen molar-refractivity contribution in [3.05, 3.63) is 23.7 Å². The number of alkyl halides is 1. The van der Waals surface area contributed by atoms with Crippen LogP contribution >= 0.6 is 11.6 Å². The number of aliphatic hydroxyl groups is 1. The molecule has 1 aliphatic carbocycles. The highest BCUT2D eigenvalue weighted by molar-refractivity contribution is 6.25. The summed E-state index contributed by atoms with van der Waals surface area (Å²) in [4.78, 5) is 10.6. The zero-order valence-corrected chi connectivity index (χ0v) is 6.31. The zero-order chi connectivity index (χ0) is 8.43. The van der Waals surface area contributed by atoms with E-state index in [1.165, 1.54) is 0 Å². The quantitative estimate of drug-likeness (QED) is 0.452. The van der Waals surface area contributed by atoms with Gasteiger partial charge in [-0.25, -0.2) is 4.39 Å². The minimum absolute atomic E-state index is 0.0870. The third kappa shape index (κ3) is 1.60. The summed E-state index contributed by atoms with van der Waals surface area (Å²) in [6, 6.07) is 0. The van der Waals surface area contributed by atoms with E-state index in [-0.39, 0.29) is 12.0 Å². The Kier molecular flexibility index (Phi) is 2.29. The number of rotatable bonds is 0. The van der Waals surface area contributed by atoms with E-state index in [2.05, 4.69) is 0 Å². The van der Waals surface area contributed by atoms with Crippen molar-refractivity contribution < 1.29 is 14.3 Å². The molecule has 2 nitrogen and oxygen atoms in total. The van der Waals surface area contributed by atoms with Crippen molar-refractivity contribution in [3.8, 4) is 0 Å². The van der Waals surface area contributed by atoms with Gasteiger partial charge in [-0.05, 0) is 6.08 Å². The minimum Gasteiger partial charge on any atom is -0.515 e. The fraction of sp³-hybridized carbons (Fsp3) is 0.286. The number of ketones is 1. The minimum atomic E-state index is -0.845. The number of carbonyl (C=O) groups is 1. The SMILES string of the molecule is O=C1CC(Cl)C(=CO)C=C1F. The first-order valence-corrected chi connectivity index (χ1v) is 3.47. The Hall–Kier alpha value is -0.830. The first-order valence-electron chi connectivity index (χ1n) is 3.04. The van der Waals surface area contributed by atoms with Crippen LogP contribution in [0.4, 0.5) is 4.39 Å². The molecule has 1 unspecified atom stereocenters. The van der Waals surface area contributed by atoms with Crippen LogP contribution in [0.25, 0.3) is 0 Å². The van der Waals surface area contributed by atoms with Gasteiger partial charge in [-0.3, -0.25) is 4.79 Å². The zero-order valence-electron chi connectivity index (χ0n) is 5.55. The van der Waals surface area contributed by atoms with Gasteiger partial charge in [0, 0.05) is 12.0 Å². The molecule has 0 aromatic carbocycles. The average molecular weight is 177 g/mol.